The van der Waals surface area contributed by atoms with Crippen molar-refractivity contribution in [3.05, 3.63) is 18.5 Å². The molecule has 2 aliphatic rings. The summed E-state index contributed by atoms with van der Waals surface area (Å²) < 4.78 is 2.11. The van der Waals surface area contributed by atoms with Crippen LogP contribution in [-0.2, 0) is 11.3 Å². The van der Waals surface area contributed by atoms with Gasteiger partial charge in [0.2, 0.25) is 5.91 Å². The molecular formula is C18H28N4OS. The standard InChI is InChI=1S/C18H28N4OS/c1-4-10-22-17(14-8-9-14)20-21-18(22)24-11-16(23)19-15-7-5-6-12(2)13(15)3/h4,12-15H,1,5-11H2,2-3H3,(H,19,23). The zero-order valence-electron chi connectivity index (χ0n) is 14.7. The predicted molar refractivity (Wildman–Crippen MR) is 97.0 cm³/mol. The number of rotatable bonds is 7. The normalized spacial score (nSPS) is 27.0. The highest BCUT2D eigenvalue weighted by Crippen LogP contribution is 2.40. The molecule has 3 unspecified atom stereocenters. The lowest BCUT2D eigenvalue weighted by Crippen LogP contribution is -2.44. The molecule has 0 radical (unpaired) electrons. The summed E-state index contributed by atoms with van der Waals surface area (Å²) in [5, 5.41) is 12.7. The highest BCUT2D eigenvalue weighted by molar-refractivity contribution is 7.99. The van der Waals surface area contributed by atoms with Gasteiger partial charge in [-0.1, -0.05) is 44.5 Å². The lowest BCUT2D eigenvalue weighted by molar-refractivity contribution is -0.120. The molecule has 2 saturated carbocycles. The minimum absolute atomic E-state index is 0.104. The van der Waals surface area contributed by atoms with Crippen LogP contribution < -0.4 is 5.32 Å². The van der Waals surface area contributed by atoms with Crippen LogP contribution in [0.25, 0.3) is 0 Å². The fourth-order valence-electron chi connectivity index (χ4n) is 3.52. The molecule has 1 amide bonds. The molecule has 0 aliphatic heterocycles. The Morgan fingerprint density at radius 3 is 2.83 bits per heavy atom. The molecule has 1 aromatic rings. The van der Waals surface area contributed by atoms with Crippen molar-refractivity contribution in [3.8, 4) is 0 Å². The number of allylic oxidation sites excluding steroid dienone is 1. The maximum atomic E-state index is 12.3. The Hall–Kier alpha value is -1.30. The van der Waals surface area contributed by atoms with Gasteiger partial charge in [0.1, 0.15) is 5.82 Å². The number of thioether (sulfide) groups is 1. The molecule has 5 nitrogen and oxygen atoms in total. The van der Waals surface area contributed by atoms with Crippen LogP contribution in [0.5, 0.6) is 0 Å². The van der Waals surface area contributed by atoms with Gasteiger partial charge in [0, 0.05) is 18.5 Å². The molecule has 0 bridgehead atoms. The van der Waals surface area contributed by atoms with E-state index in [4.69, 9.17) is 0 Å². The van der Waals surface area contributed by atoms with E-state index < -0.39 is 0 Å². The van der Waals surface area contributed by atoms with E-state index in [9.17, 15) is 4.79 Å². The lowest BCUT2D eigenvalue weighted by atomic mass is 9.78. The zero-order valence-corrected chi connectivity index (χ0v) is 15.5. The zero-order chi connectivity index (χ0) is 17.1. The fraction of sp³-hybridized carbons (Fsp3) is 0.722. The van der Waals surface area contributed by atoms with Gasteiger partial charge in [-0.2, -0.15) is 0 Å². The second-order valence-electron chi connectivity index (χ2n) is 7.24. The summed E-state index contributed by atoms with van der Waals surface area (Å²) in [7, 11) is 0. The van der Waals surface area contributed by atoms with Crippen LogP contribution in [0.1, 0.15) is 57.7 Å². The highest BCUT2D eigenvalue weighted by atomic mass is 32.2. The number of nitrogens with zero attached hydrogens (tertiary/aromatic N) is 3. The van der Waals surface area contributed by atoms with Crippen LogP contribution >= 0.6 is 11.8 Å². The molecule has 0 saturated heterocycles. The summed E-state index contributed by atoms with van der Waals surface area (Å²) >= 11 is 1.48. The van der Waals surface area contributed by atoms with Crippen molar-refractivity contribution in [1.29, 1.82) is 0 Å². The molecular weight excluding hydrogens is 320 g/mol. The average Bonchev–Trinajstić information content (AvgIpc) is 3.33. The molecule has 1 aromatic heterocycles. The highest BCUT2D eigenvalue weighted by Gasteiger charge is 2.31. The van der Waals surface area contributed by atoms with E-state index in [-0.39, 0.29) is 5.91 Å². The molecule has 0 spiro atoms. The maximum absolute atomic E-state index is 12.3. The summed E-state index contributed by atoms with van der Waals surface area (Å²) in [6, 6.07) is 0.315. The molecule has 0 aromatic carbocycles. The Morgan fingerprint density at radius 1 is 1.33 bits per heavy atom. The topological polar surface area (TPSA) is 59.8 Å². The van der Waals surface area contributed by atoms with Crippen LogP contribution in [-0.4, -0.2) is 32.5 Å². The molecule has 24 heavy (non-hydrogen) atoms. The number of hydrogen-bond donors (Lipinski definition) is 1. The van der Waals surface area contributed by atoms with E-state index in [2.05, 4.69) is 40.5 Å². The van der Waals surface area contributed by atoms with Gasteiger partial charge in [0.25, 0.3) is 0 Å². The monoisotopic (exact) mass is 348 g/mol. The first-order chi connectivity index (χ1) is 11.6. The minimum atomic E-state index is 0.104. The number of amides is 1. The van der Waals surface area contributed by atoms with Gasteiger partial charge in [0.15, 0.2) is 5.16 Å². The smallest absolute Gasteiger partial charge is 0.230 e. The second kappa shape index (κ2) is 7.72. The van der Waals surface area contributed by atoms with Crippen LogP contribution in [0.15, 0.2) is 17.8 Å². The Morgan fingerprint density at radius 2 is 2.12 bits per heavy atom. The van der Waals surface area contributed by atoms with Gasteiger partial charge in [-0.25, -0.2) is 0 Å². The Kier molecular flexibility index (Phi) is 5.64. The number of carbonyl (C=O) groups excluding carboxylic acids is 1. The van der Waals surface area contributed by atoms with Crippen LogP contribution in [0.2, 0.25) is 0 Å². The third kappa shape index (κ3) is 4.02. The second-order valence-corrected chi connectivity index (χ2v) is 8.19. The number of aromatic nitrogens is 3. The molecule has 6 heteroatoms. The number of nitrogens with one attached hydrogen (secondary N) is 1. The average molecular weight is 349 g/mol. The van der Waals surface area contributed by atoms with E-state index in [0.29, 0.717) is 36.1 Å². The first kappa shape index (κ1) is 17.5. The first-order valence-corrected chi connectivity index (χ1v) is 10.0. The maximum Gasteiger partial charge on any atom is 0.230 e. The Labute approximate surface area is 148 Å². The first-order valence-electron chi connectivity index (χ1n) is 9.06. The van der Waals surface area contributed by atoms with Gasteiger partial charge < -0.3 is 9.88 Å². The molecule has 1 heterocycles. The lowest BCUT2D eigenvalue weighted by Gasteiger charge is -2.34. The van der Waals surface area contributed by atoms with Crippen LogP contribution in [0.3, 0.4) is 0 Å². The largest absolute Gasteiger partial charge is 0.352 e. The third-order valence-corrected chi connectivity index (χ3v) is 6.35. The Balaban J connectivity index is 1.55. The summed E-state index contributed by atoms with van der Waals surface area (Å²) in [5.74, 6) is 3.34. The van der Waals surface area contributed by atoms with Gasteiger partial charge in [-0.05, 0) is 31.1 Å². The summed E-state index contributed by atoms with van der Waals surface area (Å²) in [5.41, 5.74) is 0. The van der Waals surface area contributed by atoms with Crippen LogP contribution in [0, 0.1) is 11.8 Å². The number of hydrogen-bond acceptors (Lipinski definition) is 4. The predicted octanol–water partition coefficient (Wildman–Crippen LogP) is 3.37. The van der Waals surface area contributed by atoms with E-state index >= 15 is 0 Å². The van der Waals surface area contributed by atoms with Crippen molar-refractivity contribution in [1.82, 2.24) is 20.1 Å². The molecule has 1 N–H and O–H groups in total. The van der Waals surface area contributed by atoms with Gasteiger partial charge in [0.05, 0.1) is 5.75 Å². The minimum Gasteiger partial charge on any atom is -0.352 e. The molecule has 3 rings (SSSR count). The van der Waals surface area contributed by atoms with Crippen molar-refractivity contribution in [2.75, 3.05) is 5.75 Å². The quantitative estimate of drug-likeness (QED) is 0.606. The Bertz CT molecular complexity index is 596. The van der Waals surface area contributed by atoms with Crippen molar-refractivity contribution in [3.63, 3.8) is 0 Å². The molecule has 2 fully saturated rings. The van der Waals surface area contributed by atoms with Crippen LogP contribution in [0.4, 0.5) is 0 Å². The van der Waals surface area contributed by atoms with Crippen molar-refractivity contribution in [2.24, 2.45) is 11.8 Å². The summed E-state index contributed by atoms with van der Waals surface area (Å²) in [4.78, 5) is 12.3. The number of carbonyl (C=O) groups is 1. The summed E-state index contributed by atoms with van der Waals surface area (Å²) in [6.45, 7) is 9.07. The SMILES string of the molecule is C=CCn1c(SCC(=O)NC2CCCC(C)C2C)nnc1C1CC1. The third-order valence-electron chi connectivity index (χ3n) is 5.39. The van der Waals surface area contributed by atoms with Crippen molar-refractivity contribution >= 4 is 17.7 Å². The van der Waals surface area contributed by atoms with E-state index in [0.717, 1.165) is 17.4 Å². The van der Waals surface area contributed by atoms with E-state index in [1.165, 1.54) is 37.4 Å². The van der Waals surface area contributed by atoms with E-state index in [1.807, 2.05) is 6.08 Å². The van der Waals surface area contributed by atoms with Crippen molar-refractivity contribution < 1.29 is 4.79 Å². The van der Waals surface area contributed by atoms with Gasteiger partial charge >= 0.3 is 0 Å². The molecule has 2 aliphatic carbocycles. The fourth-order valence-corrected chi connectivity index (χ4v) is 4.28. The van der Waals surface area contributed by atoms with Gasteiger partial charge in [-0.3, -0.25) is 4.79 Å². The molecule has 132 valence electrons. The molecule has 3 atom stereocenters. The van der Waals surface area contributed by atoms with Gasteiger partial charge in [-0.15, -0.1) is 16.8 Å². The van der Waals surface area contributed by atoms with E-state index in [1.54, 1.807) is 0 Å². The summed E-state index contributed by atoms with van der Waals surface area (Å²) in [6.07, 6.45) is 7.83. The van der Waals surface area contributed by atoms with Crippen molar-refractivity contribution in [2.45, 2.75) is 69.6 Å².